The Morgan fingerprint density at radius 3 is 2.59 bits per heavy atom. The highest BCUT2D eigenvalue weighted by atomic mass is 79.9. The van der Waals surface area contributed by atoms with Crippen molar-refractivity contribution in [1.82, 2.24) is 4.98 Å². The number of nitrogens with zero attached hydrogens (tertiary/aromatic N) is 1. The van der Waals surface area contributed by atoms with Gasteiger partial charge in [-0.1, -0.05) is 28.4 Å². The Kier molecular flexibility index (Phi) is 4.87. The number of hydrogen-bond acceptors (Lipinski definition) is 3. The van der Waals surface area contributed by atoms with Crippen LogP contribution in [0.25, 0.3) is 5.57 Å². The van der Waals surface area contributed by atoms with Crippen LogP contribution in [0.2, 0.25) is 0 Å². The van der Waals surface area contributed by atoms with Crippen LogP contribution in [0.3, 0.4) is 0 Å². The highest BCUT2D eigenvalue weighted by Crippen LogP contribution is 2.26. The van der Waals surface area contributed by atoms with Gasteiger partial charge in [0.15, 0.2) is 5.78 Å². The van der Waals surface area contributed by atoms with Crippen molar-refractivity contribution in [2.45, 2.75) is 27.2 Å². The van der Waals surface area contributed by atoms with Crippen LogP contribution in [0, 0.1) is 6.92 Å². The Bertz CT molecular complexity index is 466. The summed E-state index contributed by atoms with van der Waals surface area (Å²) in [5.74, 6) is 0.462. The molecule has 0 spiro atoms. The maximum atomic E-state index is 12.0. The van der Waals surface area contributed by atoms with E-state index in [2.05, 4.69) is 20.9 Å². The molecule has 4 heteroatoms. The van der Waals surface area contributed by atoms with Gasteiger partial charge in [0, 0.05) is 16.8 Å². The molecule has 1 heterocycles. The number of Topliss-reactive ketones (excluding diaryl/α,β-unsaturated/α-hetero) is 1. The van der Waals surface area contributed by atoms with Crippen molar-refractivity contribution in [2.24, 2.45) is 0 Å². The summed E-state index contributed by atoms with van der Waals surface area (Å²) in [7, 11) is 0. The van der Waals surface area contributed by atoms with Crippen LogP contribution >= 0.6 is 15.9 Å². The van der Waals surface area contributed by atoms with Gasteiger partial charge in [-0.05, 0) is 32.4 Å². The lowest BCUT2D eigenvalue weighted by Crippen LogP contribution is -2.09. The minimum absolute atomic E-state index is 0.0432. The number of ketones is 1. The normalized spacial score (nSPS) is 12.2. The summed E-state index contributed by atoms with van der Waals surface area (Å²) in [6.07, 6.45) is 0.821. The number of anilines is 1. The smallest absolute Gasteiger partial charge is 0.174 e. The van der Waals surface area contributed by atoms with Crippen molar-refractivity contribution < 1.29 is 4.79 Å². The van der Waals surface area contributed by atoms with Gasteiger partial charge >= 0.3 is 0 Å². The molecule has 3 nitrogen and oxygen atoms in total. The lowest BCUT2D eigenvalue weighted by molar-refractivity contribution is -0.111. The fourth-order valence-electron chi connectivity index (χ4n) is 1.65. The number of aromatic nitrogens is 1. The van der Waals surface area contributed by atoms with E-state index < -0.39 is 0 Å². The maximum Gasteiger partial charge on any atom is 0.174 e. The zero-order chi connectivity index (χ0) is 13.0. The van der Waals surface area contributed by atoms with Crippen molar-refractivity contribution >= 4 is 33.1 Å². The molecule has 0 aliphatic carbocycles. The van der Waals surface area contributed by atoms with Gasteiger partial charge in [-0.25, -0.2) is 4.98 Å². The second kappa shape index (κ2) is 5.96. The first-order valence-corrected chi connectivity index (χ1v) is 6.65. The third kappa shape index (κ3) is 3.16. The van der Waals surface area contributed by atoms with Gasteiger partial charge < -0.3 is 5.73 Å². The largest absolute Gasteiger partial charge is 0.383 e. The number of hydrogen-bond donors (Lipinski definition) is 1. The molecule has 92 valence electrons. The summed E-state index contributed by atoms with van der Waals surface area (Å²) in [5, 5.41) is 0.299. The van der Waals surface area contributed by atoms with E-state index in [1.165, 1.54) is 0 Å². The summed E-state index contributed by atoms with van der Waals surface area (Å²) < 4.78 is 0. The summed E-state index contributed by atoms with van der Waals surface area (Å²) in [6, 6.07) is 3.74. The molecule has 0 unspecified atom stereocenters. The Balaban J connectivity index is 3.38. The van der Waals surface area contributed by atoms with Crippen molar-refractivity contribution in [3.05, 3.63) is 29.0 Å². The SMILES string of the molecule is CCC(C)=C(C(=O)CBr)c1ccc(C)nc1N. The molecule has 1 aromatic rings. The Hall–Kier alpha value is -1.16. The number of nitrogen functional groups attached to an aromatic ring is 1. The molecule has 0 atom stereocenters. The molecule has 0 aliphatic rings. The van der Waals surface area contributed by atoms with Crippen LogP contribution in [-0.2, 0) is 4.79 Å². The second-order valence-electron chi connectivity index (χ2n) is 3.95. The molecular weight excluding hydrogens is 280 g/mol. The minimum Gasteiger partial charge on any atom is -0.383 e. The van der Waals surface area contributed by atoms with Gasteiger partial charge in [0.2, 0.25) is 0 Å². The first kappa shape index (κ1) is 13.9. The summed E-state index contributed by atoms with van der Waals surface area (Å²) in [4.78, 5) is 16.2. The van der Waals surface area contributed by atoms with Gasteiger partial charge in [-0.2, -0.15) is 0 Å². The first-order valence-electron chi connectivity index (χ1n) is 5.53. The van der Waals surface area contributed by atoms with Gasteiger partial charge in [0.25, 0.3) is 0 Å². The van der Waals surface area contributed by atoms with Gasteiger partial charge in [0.1, 0.15) is 5.82 Å². The molecular formula is C13H17BrN2O. The fourth-order valence-corrected chi connectivity index (χ4v) is 1.93. The number of alkyl halides is 1. The van der Waals surface area contributed by atoms with E-state index in [1.54, 1.807) is 0 Å². The van der Waals surface area contributed by atoms with Crippen molar-refractivity contribution in [3.63, 3.8) is 0 Å². The molecule has 2 N–H and O–H groups in total. The number of halogens is 1. The molecule has 0 fully saturated rings. The average molecular weight is 297 g/mol. The van der Waals surface area contributed by atoms with Crippen LogP contribution in [0.1, 0.15) is 31.5 Å². The average Bonchev–Trinajstić information content (AvgIpc) is 2.31. The van der Waals surface area contributed by atoms with Crippen LogP contribution in [0.15, 0.2) is 17.7 Å². The lowest BCUT2D eigenvalue weighted by Gasteiger charge is -2.12. The first-order chi connectivity index (χ1) is 8.01. The third-order valence-electron chi connectivity index (χ3n) is 2.69. The summed E-state index contributed by atoms with van der Waals surface area (Å²) in [5.41, 5.74) is 9.21. The van der Waals surface area contributed by atoms with E-state index >= 15 is 0 Å². The van der Waals surface area contributed by atoms with Gasteiger partial charge in [-0.3, -0.25) is 4.79 Å². The molecule has 0 saturated carbocycles. The Labute approximate surface area is 110 Å². The molecule has 0 radical (unpaired) electrons. The van der Waals surface area contributed by atoms with E-state index in [0.29, 0.717) is 16.7 Å². The molecule has 0 saturated heterocycles. The molecule has 1 rings (SSSR count). The Morgan fingerprint density at radius 1 is 1.47 bits per heavy atom. The molecule has 0 aromatic carbocycles. The van der Waals surface area contributed by atoms with E-state index in [-0.39, 0.29) is 5.78 Å². The summed E-state index contributed by atoms with van der Waals surface area (Å²) >= 11 is 3.20. The fraction of sp³-hybridized carbons (Fsp3) is 0.385. The predicted octanol–water partition coefficient (Wildman–Crippen LogP) is 3.12. The van der Waals surface area contributed by atoms with Crippen LogP contribution in [-0.4, -0.2) is 16.1 Å². The standard InChI is InChI=1S/C13H17BrN2O/c1-4-8(2)12(11(17)7-14)10-6-5-9(3)16-13(10)15/h5-6H,4,7H2,1-3H3,(H2,15,16). The van der Waals surface area contributed by atoms with Crippen molar-refractivity contribution in [3.8, 4) is 0 Å². The molecule has 1 aromatic heterocycles. The van der Waals surface area contributed by atoms with E-state index in [0.717, 1.165) is 23.3 Å². The number of rotatable bonds is 4. The monoisotopic (exact) mass is 296 g/mol. The number of allylic oxidation sites excluding steroid dienone is 2. The zero-order valence-electron chi connectivity index (χ0n) is 10.4. The Morgan fingerprint density at radius 2 is 2.12 bits per heavy atom. The number of pyridine rings is 1. The second-order valence-corrected chi connectivity index (χ2v) is 4.51. The van der Waals surface area contributed by atoms with Crippen molar-refractivity contribution in [2.75, 3.05) is 11.1 Å². The number of carbonyl (C=O) groups is 1. The van der Waals surface area contributed by atoms with E-state index in [9.17, 15) is 4.79 Å². The zero-order valence-corrected chi connectivity index (χ0v) is 12.0. The van der Waals surface area contributed by atoms with Gasteiger partial charge in [-0.15, -0.1) is 0 Å². The third-order valence-corrected chi connectivity index (χ3v) is 3.20. The molecule has 17 heavy (non-hydrogen) atoms. The minimum atomic E-state index is 0.0432. The van der Waals surface area contributed by atoms with Crippen LogP contribution < -0.4 is 5.73 Å². The van der Waals surface area contributed by atoms with E-state index in [1.807, 2.05) is 32.9 Å². The lowest BCUT2D eigenvalue weighted by atomic mass is 9.96. The van der Waals surface area contributed by atoms with Crippen molar-refractivity contribution in [1.29, 1.82) is 0 Å². The summed E-state index contributed by atoms with van der Waals surface area (Å²) in [6.45, 7) is 5.85. The number of aryl methyl sites for hydroxylation is 1. The highest BCUT2D eigenvalue weighted by molar-refractivity contribution is 9.09. The molecule has 0 aliphatic heterocycles. The predicted molar refractivity (Wildman–Crippen MR) is 75.1 cm³/mol. The number of nitrogens with two attached hydrogens (primary N) is 1. The number of carbonyl (C=O) groups excluding carboxylic acids is 1. The van der Waals surface area contributed by atoms with Crippen LogP contribution in [0.5, 0.6) is 0 Å². The molecule has 0 amide bonds. The molecule has 0 bridgehead atoms. The quantitative estimate of drug-likeness (QED) is 0.686. The highest BCUT2D eigenvalue weighted by Gasteiger charge is 2.16. The van der Waals surface area contributed by atoms with Gasteiger partial charge in [0.05, 0.1) is 5.33 Å². The topological polar surface area (TPSA) is 56.0 Å². The van der Waals surface area contributed by atoms with Crippen LogP contribution in [0.4, 0.5) is 5.82 Å². The van der Waals surface area contributed by atoms with E-state index in [4.69, 9.17) is 5.73 Å². The maximum absolute atomic E-state index is 12.0.